The molecule has 2 aromatic rings. The number of aromatic nitrogens is 2. The van der Waals surface area contributed by atoms with E-state index in [4.69, 9.17) is 5.41 Å². The highest BCUT2D eigenvalue weighted by Gasteiger charge is 2.06. The van der Waals surface area contributed by atoms with E-state index < -0.39 is 0 Å². The smallest absolute Gasteiger partial charge is 0.163 e. The van der Waals surface area contributed by atoms with Gasteiger partial charge in [-0.25, -0.2) is 4.98 Å². The maximum atomic E-state index is 7.73. The summed E-state index contributed by atoms with van der Waals surface area (Å²) in [6.45, 7) is 2.03. The molecule has 0 spiro atoms. The summed E-state index contributed by atoms with van der Waals surface area (Å²) in [6.07, 6.45) is 0. The molecule has 1 aromatic carbocycles. The zero-order chi connectivity index (χ0) is 9.97. The Morgan fingerprint density at radius 3 is 3.00 bits per heavy atom. The van der Waals surface area contributed by atoms with Crippen molar-refractivity contribution < 1.29 is 0 Å². The highest BCUT2D eigenvalue weighted by atomic mass is 32.2. The normalized spacial score (nSPS) is 10.6. The van der Waals surface area contributed by atoms with Gasteiger partial charge in [-0.3, -0.25) is 5.41 Å². The molecule has 0 fully saturated rings. The largest absolute Gasteiger partial charge is 0.336 e. The SMILES string of the molecule is CCSC(=N)c1nc2ccccc2[nH]1. The van der Waals surface area contributed by atoms with Crippen molar-refractivity contribution in [3.63, 3.8) is 0 Å². The van der Waals surface area contributed by atoms with Crippen LogP contribution in [0.4, 0.5) is 0 Å². The molecule has 0 saturated carbocycles. The number of hydrogen-bond acceptors (Lipinski definition) is 3. The number of fused-ring (bicyclic) bond motifs is 1. The van der Waals surface area contributed by atoms with Gasteiger partial charge in [-0.1, -0.05) is 19.1 Å². The lowest BCUT2D eigenvalue weighted by molar-refractivity contribution is 1.28. The maximum Gasteiger partial charge on any atom is 0.163 e. The van der Waals surface area contributed by atoms with Crippen molar-refractivity contribution in [1.29, 1.82) is 5.41 Å². The number of benzene rings is 1. The molecule has 0 radical (unpaired) electrons. The van der Waals surface area contributed by atoms with Crippen molar-refractivity contribution in [1.82, 2.24) is 9.97 Å². The second kappa shape index (κ2) is 3.84. The third kappa shape index (κ3) is 1.65. The molecule has 72 valence electrons. The summed E-state index contributed by atoms with van der Waals surface area (Å²) < 4.78 is 0. The summed E-state index contributed by atoms with van der Waals surface area (Å²) in [6, 6.07) is 7.82. The van der Waals surface area contributed by atoms with Crippen LogP contribution in [0.25, 0.3) is 11.0 Å². The molecule has 0 aliphatic rings. The van der Waals surface area contributed by atoms with Gasteiger partial charge in [-0.15, -0.1) is 11.8 Å². The van der Waals surface area contributed by atoms with E-state index in [0.29, 0.717) is 10.9 Å². The van der Waals surface area contributed by atoms with Gasteiger partial charge in [0.25, 0.3) is 0 Å². The summed E-state index contributed by atoms with van der Waals surface area (Å²) in [4.78, 5) is 7.45. The Morgan fingerprint density at radius 1 is 1.50 bits per heavy atom. The molecule has 0 bridgehead atoms. The van der Waals surface area contributed by atoms with Gasteiger partial charge in [0.05, 0.1) is 11.0 Å². The van der Waals surface area contributed by atoms with Gasteiger partial charge in [0, 0.05) is 0 Å². The molecular formula is C10H11N3S. The lowest BCUT2D eigenvalue weighted by Gasteiger charge is -1.94. The number of aromatic amines is 1. The van der Waals surface area contributed by atoms with Gasteiger partial charge < -0.3 is 4.98 Å². The van der Waals surface area contributed by atoms with Crippen LogP contribution in [0.5, 0.6) is 0 Å². The third-order valence-corrected chi connectivity index (χ3v) is 2.66. The number of hydrogen-bond donors (Lipinski definition) is 2. The Balaban J connectivity index is 2.40. The van der Waals surface area contributed by atoms with E-state index in [1.807, 2.05) is 31.2 Å². The molecule has 4 heteroatoms. The first-order valence-electron chi connectivity index (χ1n) is 4.47. The lowest BCUT2D eigenvalue weighted by Crippen LogP contribution is -1.96. The Kier molecular flexibility index (Phi) is 2.54. The van der Waals surface area contributed by atoms with Crippen LogP contribution in [0.3, 0.4) is 0 Å². The third-order valence-electron chi connectivity index (χ3n) is 1.89. The van der Waals surface area contributed by atoms with Crippen molar-refractivity contribution in [2.24, 2.45) is 0 Å². The summed E-state index contributed by atoms with van der Waals surface area (Å²) in [5, 5.41) is 8.23. The van der Waals surface area contributed by atoms with E-state index in [9.17, 15) is 0 Å². The fourth-order valence-corrected chi connectivity index (χ4v) is 1.80. The van der Waals surface area contributed by atoms with Gasteiger partial charge in [0.1, 0.15) is 5.04 Å². The molecule has 2 rings (SSSR count). The Labute approximate surface area is 86.4 Å². The standard InChI is InChI=1S/C10H11N3S/c1-2-14-9(11)10-12-7-5-3-4-6-8(7)13-10/h3-6,11H,2H2,1H3,(H,12,13). The molecule has 2 N–H and O–H groups in total. The molecule has 0 saturated heterocycles. The topological polar surface area (TPSA) is 52.5 Å². The minimum absolute atomic E-state index is 0.503. The Bertz CT molecular complexity index is 428. The van der Waals surface area contributed by atoms with Crippen molar-refractivity contribution in [2.75, 3.05) is 5.75 Å². The zero-order valence-electron chi connectivity index (χ0n) is 7.87. The fraction of sp³-hybridized carbons (Fsp3) is 0.200. The average molecular weight is 205 g/mol. The molecule has 1 aromatic heterocycles. The predicted molar refractivity (Wildman–Crippen MR) is 61.1 cm³/mol. The van der Waals surface area contributed by atoms with E-state index >= 15 is 0 Å². The number of thioether (sulfide) groups is 1. The Morgan fingerprint density at radius 2 is 2.29 bits per heavy atom. The van der Waals surface area contributed by atoms with Crippen LogP contribution in [0.15, 0.2) is 24.3 Å². The number of nitrogens with one attached hydrogen (secondary N) is 2. The lowest BCUT2D eigenvalue weighted by atomic mass is 10.3. The summed E-state index contributed by atoms with van der Waals surface area (Å²) in [5.41, 5.74) is 1.91. The second-order valence-corrected chi connectivity index (χ2v) is 4.14. The van der Waals surface area contributed by atoms with E-state index in [2.05, 4.69) is 9.97 Å². The first kappa shape index (κ1) is 9.27. The molecule has 0 atom stereocenters. The van der Waals surface area contributed by atoms with Crippen LogP contribution in [-0.2, 0) is 0 Å². The monoisotopic (exact) mass is 205 g/mol. The zero-order valence-corrected chi connectivity index (χ0v) is 8.69. The van der Waals surface area contributed by atoms with Crippen LogP contribution in [0.1, 0.15) is 12.7 Å². The van der Waals surface area contributed by atoms with Crippen molar-refractivity contribution >= 4 is 27.8 Å². The quantitative estimate of drug-likeness (QED) is 0.585. The van der Waals surface area contributed by atoms with Gasteiger partial charge in [-0.05, 0) is 17.9 Å². The molecule has 0 aliphatic heterocycles. The van der Waals surface area contributed by atoms with Crippen molar-refractivity contribution in [2.45, 2.75) is 6.92 Å². The van der Waals surface area contributed by atoms with Gasteiger partial charge in [0.15, 0.2) is 5.82 Å². The number of nitrogens with zero attached hydrogens (tertiary/aromatic N) is 1. The van der Waals surface area contributed by atoms with Crippen LogP contribution in [-0.4, -0.2) is 20.8 Å². The van der Waals surface area contributed by atoms with E-state index in [-0.39, 0.29) is 0 Å². The summed E-state index contributed by atoms with van der Waals surface area (Å²) >= 11 is 1.49. The van der Waals surface area contributed by atoms with Gasteiger partial charge in [0.2, 0.25) is 0 Å². The first-order chi connectivity index (χ1) is 6.81. The van der Waals surface area contributed by atoms with Crippen molar-refractivity contribution in [3.05, 3.63) is 30.1 Å². The maximum absolute atomic E-state index is 7.73. The molecular weight excluding hydrogens is 194 g/mol. The van der Waals surface area contributed by atoms with Crippen LogP contribution in [0, 0.1) is 5.41 Å². The average Bonchev–Trinajstić information content (AvgIpc) is 2.61. The van der Waals surface area contributed by atoms with Crippen LogP contribution < -0.4 is 0 Å². The predicted octanol–water partition coefficient (Wildman–Crippen LogP) is 2.64. The highest BCUT2D eigenvalue weighted by molar-refractivity contribution is 8.14. The number of H-pyrrole nitrogens is 1. The second-order valence-electron chi connectivity index (χ2n) is 2.86. The number of rotatable bonds is 2. The molecule has 1 heterocycles. The molecule has 0 amide bonds. The molecule has 3 nitrogen and oxygen atoms in total. The van der Waals surface area contributed by atoms with Gasteiger partial charge in [-0.2, -0.15) is 0 Å². The van der Waals surface area contributed by atoms with E-state index in [0.717, 1.165) is 16.8 Å². The Hall–Kier alpha value is -1.29. The summed E-state index contributed by atoms with van der Waals surface area (Å²) in [7, 11) is 0. The number of imidazole rings is 1. The minimum Gasteiger partial charge on any atom is -0.336 e. The van der Waals surface area contributed by atoms with Gasteiger partial charge >= 0.3 is 0 Å². The van der Waals surface area contributed by atoms with E-state index in [1.165, 1.54) is 11.8 Å². The van der Waals surface area contributed by atoms with Crippen LogP contribution in [0.2, 0.25) is 0 Å². The number of para-hydroxylation sites is 2. The van der Waals surface area contributed by atoms with Crippen molar-refractivity contribution in [3.8, 4) is 0 Å². The molecule has 0 unspecified atom stereocenters. The first-order valence-corrected chi connectivity index (χ1v) is 5.46. The highest BCUT2D eigenvalue weighted by Crippen LogP contribution is 2.14. The molecule has 14 heavy (non-hydrogen) atoms. The fourth-order valence-electron chi connectivity index (χ4n) is 1.27. The molecule has 0 aliphatic carbocycles. The minimum atomic E-state index is 0.503. The summed E-state index contributed by atoms with van der Waals surface area (Å²) in [5.74, 6) is 1.56. The van der Waals surface area contributed by atoms with Crippen LogP contribution >= 0.6 is 11.8 Å². The van der Waals surface area contributed by atoms with E-state index in [1.54, 1.807) is 0 Å².